The minimum absolute atomic E-state index is 0.0587. The molecule has 2 unspecified atom stereocenters. The van der Waals surface area contributed by atoms with Gasteiger partial charge in [0.2, 0.25) is 0 Å². The number of nitrogens with zero attached hydrogens (tertiary/aromatic N) is 2. The van der Waals surface area contributed by atoms with Crippen molar-refractivity contribution >= 4 is 22.8 Å². The van der Waals surface area contributed by atoms with E-state index in [4.69, 9.17) is 0 Å². The summed E-state index contributed by atoms with van der Waals surface area (Å²) < 4.78 is 2.19. The highest BCUT2D eigenvalue weighted by molar-refractivity contribution is 6.40. The van der Waals surface area contributed by atoms with Crippen LogP contribution < -0.4 is 10.0 Å². The maximum atomic E-state index is 13.0. The summed E-state index contributed by atoms with van der Waals surface area (Å²) in [6.45, 7) is 3.41. The number of aromatic hydroxyl groups is 2. The van der Waals surface area contributed by atoms with Gasteiger partial charge in [-0.3, -0.25) is 4.79 Å². The molecule has 2 atom stereocenters. The molecule has 1 aromatic carbocycles. The van der Waals surface area contributed by atoms with Crippen LogP contribution in [-0.4, -0.2) is 74.9 Å². The van der Waals surface area contributed by atoms with Crippen LogP contribution in [0.1, 0.15) is 56.9 Å². The second kappa shape index (κ2) is 9.07. The molecule has 4 N–H and O–H groups in total. The quantitative estimate of drug-likeness (QED) is 0.379. The molecule has 0 radical (unpaired) electrons. The smallest absolute Gasteiger partial charge is 0.192 e. The summed E-state index contributed by atoms with van der Waals surface area (Å²) in [4.78, 5) is 15.1. The topological polar surface area (TPSA) is 127 Å². The van der Waals surface area contributed by atoms with Gasteiger partial charge in [0.1, 0.15) is 24.6 Å². The summed E-state index contributed by atoms with van der Waals surface area (Å²) in [5, 5.41) is 55.8. The summed E-state index contributed by atoms with van der Waals surface area (Å²) >= 11 is 0. The van der Waals surface area contributed by atoms with Crippen LogP contribution in [0, 0.1) is 0 Å². The lowest BCUT2D eigenvalue weighted by atomic mass is 9.74. The molecule has 0 spiro atoms. The number of aliphatic hydroxyl groups is 2. The molecule has 8 nitrogen and oxygen atoms in total. The number of phenols is 2. The van der Waals surface area contributed by atoms with Crippen LogP contribution in [0.2, 0.25) is 0 Å². The van der Waals surface area contributed by atoms with E-state index in [0.717, 1.165) is 64.0 Å². The normalized spacial score (nSPS) is 26.3. The van der Waals surface area contributed by atoms with Crippen molar-refractivity contribution in [1.29, 1.82) is 0 Å². The number of carbonyl (C=O) groups excluding carboxylic acids is 1. The first-order chi connectivity index (χ1) is 16.4. The zero-order valence-electron chi connectivity index (χ0n) is 19.3. The molecule has 182 valence electrons. The molecule has 3 fully saturated rings. The van der Waals surface area contributed by atoms with E-state index in [2.05, 4.69) is 9.48 Å². The molecule has 1 aromatic rings. The fraction of sp³-hybridized carbons (Fsp3) is 0.538. The average molecular weight is 469 g/mol. The van der Waals surface area contributed by atoms with Gasteiger partial charge in [-0.1, -0.05) is 5.76 Å². The third kappa shape index (κ3) is 3.88. The molecule has 2 aliphatic heterocycles. The summed E-state index contributed by atoms with van der Waals surface area (Å²) in [5.74, 6) is -1.97. The number of anilines is 1. The first kappa shape index (κ1) is 22.9. The average Bonchev–Trinajstić information content (AvgIpc) is 2.84. The van der Waals surface area contributed by atoms with Crippen LogP contribution in [0.25, 0.3) is 5.57 Å². The van der Waals surface area contributed by atoms with Crippen molar-refractivity contribution in [3.8, 4) is 11.5 Å². The molecule has 0 aromatic heterocycles. The number of aliphatic hydroxyl groups excluding tert-OH is 2. The molecule has 2 heterocycles. The number of piperidine rings is 2. The predicted octanol–water partition coefficient (Wildman–Crippen LogP) is 1.19. The minimum Gasteiger partial charge on any atom is -0.871 e. The second-order valence-corrected chi connectivity index (χ2v) is 9.82. The zero-order valence-corrected chi connectivity index (χ0v) is 19.3. The zero-order chi connectivity index (χ0) is 24.0. The number of carbonyl (C=O) groups is 1. The van der Waals surface area contributed by atoms with E-state index >= 15 is 0 Å². The van der Waals surface area contributed by atoms with E-state index in [1.807, 2.05) is 0 Å². The van der Waals surface area contributed by atoms with E-state index in [9.17, 15) is 30.3 Å². The van der Waals surface area contributed by atoms with Crippen molar-refractivity contribution in [3.63, 3.8) is 0 Å². The molecule has 8 heteroatoms. The number of hydrogen-bond acceptors (Lipinski definition) is 7. The monoisotopic (exact) mass is 468 g/mol. The van der Waals surface area contributed by atoms with Crippen LogP contribution in [-0.2, 0) is 4.79 Å². The minimum atomic E-state index is -1.12. The van der Waals surface area contributed by atoms with Gasteiger partial charge >= 0.3 is 0 Å². The molecule has 1 saturated carbocycles. The fourth-order valence-corrected chi connectivity index (χ4v) is 5.84. The van der Waals surface area contributed by atoms with Gasteiger partial charge in [0.15, 0.2) is 11.5 Å². The number of phenolic OH excluding ortho intramolecular Hbond substituents is 2. The van der Waals surface area contributed by atoms with Crippen molar-refractivity contribution < 1.29 is 34.9 Å². The van der Waals surface area contributed by atoms with Crippen LogP contribution >= 0.6 is 0 Å². The van der Waals surface area contributed by atoms with Gasteiger partial charge in [0, 0.05) is 54.9 Å². The SMILES string of the molecule is O=C1C(=C2C(O)CC(=[N+]3CCCCC3)CC2O)C([O-])=C1c1c(O)cc(N2CCCCC2)cc1O. The Morgan fingerprint density at radius 2 is 1.41 bits per heavy atom. The fourth-order valence-electron chi connectivity index (χ4n) is 5.84. The highest BCUT2D eigenvalue weighted by atomic mass is 16.3. The summed E-state index contributed by atoms with van der Waals surface area (Å²) in [6, 6.07) is 2.95. The summed E-state index contributed by atoms with van der Waals surface area (Å²) in [7, 11) is 0. The Hall–Kier alpha value is -2.84. The van der Waals surface area contributed by atoms with Crippen molar-refractivity contribution in [2.45, 2.75) is 63.6 Å². The largest absolute Gasteiger partial charge is 0.871 e. The Labute approximate surface area is 198 Å². The van der Waals surface area contributed by atoms with Crippen molar-refractivity contribution in [1.82, 2.24) is 0 Å². The van der Waals surface area contributed by atoms with Gasteiger partial charge in [-0.2, -0.15) is 0 Å². The van der Waals surface area contributed by atoms with Gasteiger partial charge in [-0.25, -0.2) is 4.58 Å². The van der Waals surface area contributed by atoms with Crippen molar-refractivity contribution in [2.24, 2.45) is 0 Å². The Morgan fingerprint density at radius 1 is 0.853 bits per heavy atom. The van der Waals surface area contributed by atoms with E-state index in [1.165, 1.54) is 18.6 Å². The Kier molecular flexibility index (Phi) is 6.12. The number of Topliss-reactive ketones (excluding diaryl/α,β-unsaturated/α-hetero) is 1. The Morgan fingerprint density at radius 3 is 1.97 bits per heavy atom. The molecule has 4 aliphatic rings. The standard InChI is InChI=1S/C26H32N2O6/c29-17-11-15(27-7-3-1-4-8-27)12-18(30)21(17)23-25(33)24(26(23)34)22-19(31)13-16(14-20(22)32)28-9-5-2-6-10-28/h11-12,19-20,31-32H,1-10,13-14H2,(H2-,29,30,33,34). The Balaban J connectivity index is 1.46. The maximum absolute atomic E-state index is 13.0. The second-order valence-electron chi connectivity index (χ2n) is 9.82. The van der Waals surface area contributed by atoms with Gasteiger partial charge in [0.05, 0.1) is 30.6 Å². The third-order valence-corrected chi connectivity index (χ3v) is 7.63. The van der Waals surface area contributed by atoms with Gasteiger partial charge in [0.25, 0.3) is 0 Å². The Bertz CT molecular complexity index is 1070. The third-order valence-electron chi connectivity index (χ3n) is 7.63. The molecule has 5 rings (SSSR count). The van der Waals surface area contributed by atoms with Crippen LogP contribution in [0.3, 0.4) is 0 Å². The van der Waals surface area contributed by atoms with Crippen molar-refractivity contribution in [3.05, 3.63) is 34.6 Å². The number of ketones is 1. The molecule has 2 saturated heterocycles. The van der Waals surface area contributed by atoms with Crippen LogP contribution in [0.4, 0.5) is 5.69 Å². The first-order valence-electron chi connectivity index (χ1n) is 12.3. The lowest BCUT2D eigenvalue weighted by Crippen LogP contribution is -2.43. The molecule has 0 amide bonds. The van der Waals surface area contributed by atoms with E-state index in [0.29, 0.717) is 5.69 Å². The lowest BCUT2D eigenvalue weighted by molar-refractivity contribution is -0.540. The van der Waals surface area contributed by atoms with Crippen molar-refractivity contribution in [2.75, 3.05) is 31.1 Å². The summed E-state index contributed by atoms with van der Waals surface area (Å²) in [6.07, 6.45) is 4.84. The molecule has 2 aliphatic carbocycles. The number of rotatable bonds is 2. The van der Waals surface area contributed by atoms with Crippen LogP contribution in [0.15, 0.2) is 29.0 Å². The van der Waals surface area contributed by atoms with Gasteiger partial charge in [-0.15, -0.1) is 0 Å². The molecular weight excluding hydrogens is 436 g/mol. The molecular formula is C26H32N2O6. The highest BCUT2D eigenvalue weighted by Gasteiger charge is 2.42. The summed E-state index contributed by atoms with van der Waals surface area (Å²) in [5.41, 5.74) is 0.968. The maximum Gasteiger partial charge on any atom is 0.192 e. The van der Waals surface area contributed by atoms with E-state index in [1.54, 1.807) is 0 Å². The highest BCUT2D eigenvalue weighted by Crippen LogP contribution is 2.47. The first-order valence-corrected chi connectivity index (χ1v) is 12.3. The number of benzene rings is 1. The lowest BCUT2D eigenvalue weighted by Gasteiger charge is -2.37. The van der Waals surface area contributed by atoms with Crippen LogP contribution in [0.5, 0.6) is 11.5 Å². The van der Waals surface area contributed by atoms with E-state index in [-0.39, 0.29) is 46.6 Å². The van der Waals surface area contributed by atoms with Gasteiger partial charge in [-0.05, 0) is 31.3 Å². The number of allylic oxidation sites excluding steroid dienone is 2. The molecule has 34 heavy (non-hydrogen) atoms. The predicted molar refractivity (Wildman–Crippen MR) is 125 cm³/mol. The number of hydrogen-bond donors (Lipinski definition) is 4. The van der Waals surface area contributed by atoms with Gasteiger partial charge < -0.3 is 30.4 Å². The molecule has 0 bridgehead atoms. The van der Waals surface area contributed by atoms with E-state index < -0.39 is 23.8 Å².